The first-order valence-electron chi connectivity index (χ1n) is 5.16. The summed E-state index contributed by atoms with van der Waals surface area (Å²) < 4.78 is 10.1. The Kier molecular flexibility index (Phi) is 3.89. The van der Waals surface area contributed by atoms with Crippen molar-refractivity contribution in [2.45, 2.75) is 0 Å². The molecule has 2 aromatic rings. The number of ether oxygens (including phenoxy) is 2. The highest BCUT2D eigenvalue weighted by molar-refractivity contribution is 7.12. The number of carbonyl (C=O) groups is 1. The molecule has 3 nitrogen and oxygen atoms in total. The van der Waals surface area contributed by atoms with Crippen LogP contribution in [0.25, 0.3) is 0 Å². The first-order chi connectivity index (χ1) is 8.65. The monoisotopic (exact) mass is 282 g/mol. The second-order valence-corrected chi connectivity index (χ2v) is 4.85. The van der Waals surface area contributed by atoms with Crippen molar-refractivity contribution in [3.8, 4) is 11.5 Å². The molecular formula is C13H11ClO3S. The lowest BCUT2D eigenvalue weighted by Crippen LogP contribution is -1.99. The van der Waals surface area contributed by atoms with E-state index in [-0.39, 0.29) is 5.78 Å². The Morgan fingerprint density at radius 3 is 2.56 bits per heavy atom. The number of hydrogen-bond acceptors (Lipinski definition) is 4. The third kappa shape index (κ3) is 2.49. The van der Waals surface area contributed by atoms with Gasteiger partial charge in [0, 0.05) is 17.0 Å². The van der Waals surface area contributed by atoms with Gasteiger partial charge in [-0.05, 0) is 18.2 Å². The van der Waals surface area contributed by atoms with Crippen molar-refractivity contribution in [2.75, 3.05) is 14.2 Å². The minimum atomic E-state index is -0.0761. The number of methoxy groups -OCH3 is 2. The molecule has 0 saturated heterocycles. The molecule has 0 radical (unpaired) electrons. The number of hydrogen-bond donors (Lipinski definition) is 0. The predicted molar refractivity (Wildman–Crippen MR) is 72.3 cm³/mol. The van der Waals surface area contributed by atoms with Gasteiger partial charge in [-0.15, -0.1) is 11.3 Å². The maximum atomic E-state index is 12.2. The van der Waals surface area contributed by atoms with Gasteiger partial charge in [0.15, 0.2) is 0 Å². The number of rotatable bonds is 4. The van der Waals surface area contributed by atoms with E-state index >= 15 is 0 Å². The van der Waals surface area contributed by atoms with Gasteiger partial charge in [0.1, 0.15) is 11.5 Å². The van der Waals surface area contributed by atoms with Crippen LogP contribution in [0.5, 0.6) is 11.5 Å². The summed E-state index contributed by atoms with van der Waals surface area (Å²) in [4.78, 5) is 12.8. The molecule has 18 heavy (non-hydrogen) atoms. The standard InChI is InChI=1S/C13H11ClO3S/c1-16-9-6-12(18-7-9)13(15)8-3-4-11(17-2)10(14)5-8/h3-7H,1-2H3. The Morgan fingerprint density at radius 2 is 2.00 bits per heavy atom. The molecule has 0 bridgehead atoms. The van der Waals surface area contributed by atoms with Crippen LogP contribution >= 0.6 is 22.9 Å². The molecule has 0 spiro atoms. The SMILES string of the molecule is COc1csc(C(=O)c2ccc(OC)c(Cl)c2)c1. The summed E-state index contributed by atoms with van der Waals surface area (Å²) >= 11 is 7.34. The van der Waals surface area contributed by atoms with Crippen LogP contribution in [0.2, 0.25) is 5.02 Å². The summed E-state index contributed by atoms with van der Waals surface area (Å²) in [6.45, 7) is 0. The fourth-order valence-corrected chi connectivity index (χ4v) is 2.57. The molecule has 94 valence electrons. The second kappa shape index (κ2) is 5.42. The van der Waals surface area contributed by atoms with Crippen molar-refractivity contribution in [3.05, 3.63) is 45.1 Å². The number of benzene rings is 1. The van der Waals surface area contributed by atoms with Crippen LogP contribution in [0, 0.1) is 0 Å². The van der Waals surface area contributed by atoms with Crippen molar-refractivity contribution in [1.29, 1.82) is 0 Å². The maximum Gasteiger partial charge on any atom is 0.203 e. The van der Waals surface area contributed by atoms with E-state index in [1.165, 1.54) is 18.4 Å². The highest BCUT2D eigenvalue weighted by Crippen LogP contribution is 2.28. The van der Waals surface area contributed by atoms with Crippen molar-refractivity contribution < 1.29 is 14.3 Å². The lowest BCUT2D eigenvalue weighted by molar-refractivity contribution is 0.104. The minimum absolute atomic E-state index is 0.0761. The molecule has 0 saturated carbocycles. The van der Waals surface area contributed by atoms with E-state index in [9.17, 15) is 4.79 Å². The third-order valence-electron chi connectivity index (χ3n) is 2.45. The van der Waals surface area contributed by atoms with Crippen LogP contribution < -0.4 is 9.47 Å². The zero-order valence-electron chi connectivity index (χ0n) is 9.90. The number of halogens is 1. The summed E-state index contributed by atoms with van der Waals surface area (Å²) in [5, 5.41) is 2.21. The average Bonchev–Trinajstić information content (AvgIpc) is 2.86. The smallest absolute Gasteiger partial charge is 0.203 e. The summed E-state index contributed by atoms with van der Waals surface area (Å²) in [5.74, 6) is 1.16. The van der Waals surface area contributed by atoms with Crippen molar-refractivity contribution in [3.63, 3.8) is 0 Å². The van der Waals surface area contributed by atoms with Gasteiger partial charge in [0.05, 0.1) is 24.1 Å². The molecule has 0 fully saturated rings. The largest absolute Gasteiger partial charge is 0.496 e. The van der Waals surface area contributed by atoms with Crippen LogP contribution in [0.1, 0.15) is 15.2 Å². The third-order valence-corrected chi connectivity index (χ3v) is 3.65. The van der Waals surface area contributed by atoms with Gasteiger partial charge in [-0.25, -0.2) is 0 Å². The first-order valence-corrected chi connectivity index (χ1v) is 6.42. The zero-order chi connectivity index (χ0) is 13.1. The molecule has 0 N–H and O–H groups in total. The van der Waals surface area contributed by atoms with E-state index in [1.54, 1.807) is 36.8 Å². The van der Waals surface area contributed by atoms with Crippen molar-refractivity contribution >= 4 is 28.7 Å². The molecule has 1 aromatic carbocycles. The van der Waals surface area contributed by atoms with Gasteiger partial charge in [-0.3, -0.25) is 4.79 Å². The average molecular weight is 283 g/mol. The Morgan fingerprint density at radius 1 is 1.22 bits per heavy atom. The van der Waals surface area contributed by atoms with E-state index in [1.807, 2.05) is 0 Å². The highest BCUT2D eigenvalue weighted by Gasteiger charge is 2.14. The fourth-order valence-electron chi connectivity index (χ4n) is 1.49. The molecule has 2 rings (SSSR count). The summed E-state index contributed by atoms with van der Waals surface area (Å²) in [6.07, 6.45) is 0. The van der Waals surface area contributed by atoms with Crippen LogP contribution in [0.15, 0.2) is 29.6 Å². The quantitative estimate of drug-likeness (QED) is 0.803. The molecule has 0 aliphatic rings. The minimum Gasteiger partial charge on any atom is -0.496 e. The summed E-state index contributed by atoms with van der Waals surface area (Å²) in [6, 6.07) is 6.69. The highest BCUT2D eigenvalue weighted by atomic mass is 35.5. The van der Waals surface area contributed by atoms with Gasteiger partial charge >= 0.3 is 0 Å². The van der Waals surface area contributed by atoms with E-state index in [2.05, 4.69) is 0 Å². The number of ketones is 1. The molecule has 1 aromatic heterocycles. The fraction of sp³-hybridized carbons (Fsp3) is 0.154. The van der Waals surface area contributed by atoms with E-state index in [0.29, 0.717) is 27.0 Å². The number of thiophene rings is 1. The number of carbonyl (C=O) groups excluding carboxylic acids is 1. The van der Waals surface area contributed by atoms with Crippen molar-refractivity contribution in [2.24, 2.45) is 0 Å². The van der Waals surface area contributed by atoms with E-state index in [4.69, 9.17) is 21.1 Å². The topological polar surface area (TPSA) is 35.5 Å². The molecule has 5 heteroatoms. The maximum absolute atomic E-state index is 12.2. The Hall–Kier alpha value is -1.52. The molecule has 1 heterocycles. The molecule has 0 aliphatic heterocycles. The summed E-state index contributed by atoms with van der Waals surface area (Å²) in [5.41, 5.74) is 0.533. The lowest BCUT2D eigenvalue weighted by atomic mass is 10.1. The van der Waals surface area contributed by atoms with Crippen LogP contribution in [-0.4, -0.2) is 20.0 Å². The normalized spacial score (nSPS) is 10.2. The van der Waals surface area contributed by atoms with Gasteiger partial charge < -0.3 is 9.47 Å². The zero-order valence-corrected chi connectivity index (χ0v) is 11.5. The van der Waals surface area contributed by atoms with E-state index < -0.39 is 0 Å². The lowest BCUT2D eigenvalue weighted by Gasteiger charge is -2.04. The molecule has 0 amide bonds. The Balaban J connectivity index is 2.31. The van der Waals surface area contributed by atoms with Crippen LogP contribution in [0.4, 0.5) is 0 Å². The van der Waals surface area contributed by atoms with Gasteiger partial charge in [0.25, 0.3) is 0 Å². The van der Waals surface area contributed by atoms with Gasteiger partial charge in [-0.1, -0.05) is 11.6 Å². The first kappa shape index (κ1) is 12.9. The second-order valence-electron chi connectivity index (χ2n) is 3.53. The van der Waals surface area contributed by atoms with E-state index in [0.717, 1.165) is 0 Å². The van der Waals surface area contributed by atoms with Gasteiger partial charge in [0.2, 0.25) is 5.78 Å². The molecular weight excluding hydrogens is 272 g/mol. The summed E-state index contributed by atoms with van der Waals surface area (Å²) in [7, 11) is 3.10. The molecule has 0 aliphatic carbocycles. The van der Waals surface area contributed by atoms with Crippen LogP contribution in [0.3, 0.4) is 0 Å². The Labute approximate surface area is 114 Å². The molecule has 0 unspecified atom stereocenters. The van der Waals surface area contributed by atoms with Gasteiger partial charge in [-0.2, -0.15) is 0 Å². The predicted octanol–water partition coefficient (Wildman–Crippen LogP) is 3.65. The van der Waals surface area contributed by atoms with Crippen LogP contribution in [-0.2, 0) is 0 Å². The van der Waals surface area contributed by atoms with Crippen molar-refractivity contribution in [1.82, 2.24) is 0 Å². The molecule has 0 atom stereocenters. The Bertz CT molecular complexity index is 577.